The third-order valence-corrected chi connectivity index (χ3v) is 1.91. The SMILES string of the molecule is CC(O)CNc1nsnc1Cl. The molecular weight excluding hydrogens is 186 g/mol. The van der Waals surface area contributed by atoms with Crippen molar-refractivity contribution in [3.63, 3.8) is 0 Å². The molecule has 2 N–H and O–H groups in total. The zero-order chi connectivity index (χ0) is 8.27. The van der Waals surface area contributed by atoms with Gasteiger partial charge in [0.1, 0.15) is 0 Å². The van der Waals surface area contributed by atoms with Crippen LogP contribution in [0, 0.1) is 0 Å². The molecular formula is C5H8ClN3OS. The van der Waals surface area contributed by atoms with Crippen LogP contribution in [0.3, 0.4) is 0 Å². The summed E-state index contributed by atoms with van der Waals surface area (Å²) in [5.41, 5.74) is 0. The minimum absolute atomic E-state index is 0.357. The maximum Gasteiger partial charge on any atom is 0.186 e. The molecule has 1 atom stereocenters. The van der Waals surface area contributed by atoms with Gasteiger partial charge in [0.15, 0.2) is 11.0 Å². The van der Waals surface area contributed by atoms with E-state index in [1.807, 2.05) is 0 Å². The number of nitrogens with one attached hydrogen (secondary N) is 1. The number of aliphatic hydroxyl groups is 1. The molecule has 1 heterocycles. The number of hydrogen-bond acceptors (Lipinski definition) is 5. The van der Waals surface area contributed by atoms with Crippen molar-refractivity contribution in [1.29, 1.82) is 0 Å². The van der Waals surface area contributed by atoms with Gasteiger partial charge < -0.3 is 10.4 Å². The van der Waals surface area contributed by atoms with Crippen LogP contribution in [0.4, 0.5) is 5.82 Å². The second-order valence-corrected chi connectivity index (χ2v) is 3.02. The number of aromatic nitrogens is 2. The van der Waals surface area contributed by atoms with Gasteiger partial charge in [0.25, 0.3) is 0 Å². The van der Waals surface area contributed by atoms with E-state index in [2.05, 4.69) is 14.1 Å². The van der Waals surface area contributed by atoms with Crippen molar-refractivity contribution in [2.75, 3.05) is 11.9 Å². The summed E-state index contributed by atoms with van der Waals surface area (Å²) in [6, 6.07) is 0. The van der Waals surface area contributed by atoms with E-state index in [0.29, 0.717) is 17.5 Å². The summed E-state index contributed by atoms with van der Waals surface area (Å²) in [6.07, 6.45) is -0.409. The van der Waals surface area contributed by atoms with Crippen LogP contribution in [-0.2, 0) is 0 Å². The largest absolute Gasteiger partial charge is 0.392 e. The number of aliphatic hydroxyl groups excluding tert-OH is 1. The Morgan fingerprint density at radius 1 is 1.73 bits per heavy atom. The van der Waals surface area contributed by atoms with Gasteiger partial charge in [0, 0.05) is 6.54 Å². The molecule has 0 radical (unpaired) electrons. The fourth-order valence-electron chi connectivity index (χ4n) is 0.528. The second-order valence-electron chi connectivity index (χ2n) is 2.13. The lowest BCUT2D eigenvalue weighted by Gasteiger charge is -2.03. The first-order valence-corrected chi connectivity index (χ1v) is 4.21. The second kappa shape index (κ2) is 3.85. The lowest BCUT2D eigenvalue weighted by Crippen LogP contribution is -2.15. The van der Waals surface area contributed by atoms with Gasteiger partial charge in [-0.05, 0) is 6.92 Å². The summed E-state index contributed by atoms with van der Waals surface area (Å²) >= 11 is 6.66. The minimum Gasteiger partial charge on any atom is -0.392 e. The van der Waals surface area contributed by atoms with E-state index >= 15 is 0 Å². The molecule has 11 heavy (non-hydrogen) atoms. The molecule has 0 amide bonds. The van der Waals surface area contributed by atoms with Gasteiger partial charge >= 0.3 is 0 Å². The predicted molar refractivity (Wildman–Crippen MR) is 45.1 cm³/mol. The molecule has 0 fully saturated rings. The van der Waals surface area contributed by atoms with Gasteiger partial charge in [-0.1, -0.05) is 11.6 Å². The topological polar surface area (TPSA) is 58.0 Å². The Bertz CT molecular complexity index is 227. The molecule has 0 bridgehead atoms. The first-order valence-electron chi connectivity index (χ1n) is 3.10. The maximum atomic E-state index is 8.89. The first-order chi connectivity index (χ1) is 5.20. The van der Waals surface area contributed by atoms with E-state index in [4.69, 9.17) is 16.7 Å². The fraction of sp³-hybridized carbons (Fsp3) is 0.600. The summed E-state index contributed by atoms with van der Waals surface area (Å²) in [6.45, 7) is 2.12. The van der Waals surface area contributed by atoms with Crippen molar-refractivity contribution in [2.45, 2.75) is 13.0 Å². The third kappa shape index (κ3) is 2.61. The average molecular weight is 194 g/mol. The number of anilines is 1. The Morgan fingerprint density at radius 3 is 2.91 bits per heavy atom. The van der Waals surface area contributed by atoms with Crippen LogP contribution in [0.15, 0.2) is 0 Å². The number of hydrogen-bond donors (Lipinski definition) is 2. The lowest BCUT2D eigenvalue weighted by atomic mass is 10.4. The molecule has 1 aromatic rings. The van der Waals surface area contributed by atoms with Crippen molar-refractivity contribution in [3.8, 4) is 0 Å². The highest BCUT2D eigenvalue weighted by molar-refractivity contribution is 6.99. The molecule has 0 aliphatic rings. The van der Waals surface area contributed by atoms with Crippen molar-refractivity contribution < 1.29 is 5.11 Å². The molecule has 1 rings (SSSR count). The first kappa shape index (κ1) is 8.70. The Hall–Kier alpha value is -0.390. The van der Waals surface area contributed by atoms with E-state index in [1.165, 1.54) is 0 Å². The van der Waals surface area contributed by atoms with Gasteiger partial charge in [0.2, 0.25) is 0 Å². The minimum atomic E-state index is -0.409. The summed E-state index contributed by atoms with van der Waals surface area (Å²) < 4.78 is 7.61. The molecule has 6 heteroatoms. The lowest BCUT2D eigenvalue weighted by molar-refractivity contribution is 0.208. The van der Waals surface area contributed by atoms with E-state index in [9.17, 15) is 0 Å². The molecule has 0 saturated heterocycles. The van der Waals surface area contributed by atoms with Gasteiger partial charge in [-0.3, -0.25) is 0 Å². The highest BCUT2D eigenvalue weighted by Gasteiger charge is 2.04. The summed E-state index contributed by atoms with van der Waals surface area (Å²) in [5, 5.41) is 12.1. The quantitative estimate of drug-likeness (QED) is 0.752. The van der Waals surface area contributed by atoms with E-state index in [1.54, 1.807) is 6.92 Å². The van der Waals surface area contributed by atoms with Crippen LogP contribution in [0.5, 0.6) is 0 Å². The molecule has 4 nitrogen and oxygen atoms in total. The van der Waals surface area contributed by atoms with Crippen molar-refractivity contribution in [2.24, 2.45) is 0 Å². The normalized spacial score (nSPS) is 13.0. The van der Waals surface area contributed by atoms with E-state index in [0.717, 1.165) is 11.7 Å². The zero-order valence-corrected chi connectivity index (χ0v) is 7.48. The summed E-state index contributed by atoms with van der Waals surface area (Å²) in [5.74, 6) is 0.539. The Balaban J connectivity index is 2.44. The van der Waals surface area contributed by atoms with Crippen LogP contribution in [0.1, 0.15) is 6.92 Å². The standard InChI is InChI=1S/C5H8ClN3OS/c1-3(10)2-7-5-4(6)8-11-9-5/h3,10H,2H2,1H3,(H,7,9). The molecule has 0 aliphatic heterocycles. The van der Waals surface area contributed by atoms with E-state index in [-0.39, 0.29) is 0 Å². The van der Waals surface area contributed by atoms with Crippen LogP contribution >= 0.6 is 23.3 Å². The highest BCUT2D eigenvalue weighted by atomic mass is 35.5. The van der Waals surface area contributed by atoms with Crippen molar-refractivity contribution in [3.05, 3.63) is 5.15 Å². The van der Waals surface area contributed by atoms with Gasteiger partial charge in [-0.25, -0.2) is 0 Å². The monoisotopic (exact) mass is 193 g/mol. The third-order valence-electron chi connectivity index (χ3n) is 1.01. The van der Waals surface area contributed by atoms with Crippen LogP contribution in [0.25, 0.3) is 0 Å². The fourth-order valence-corrected chi connectivity index (χ4v) is 1.21. The molecule has 0 aromatic carbocycles. The Morgan fingerprint density at radius 2 is 2.45 bits per heavy atom. The zero-order valence-electron chi connectivity index (χ0n) is 5.91. The van der Waals surface area contributed by atoms with Crippen LogP contribution in [0.2, 0.25) is 5.15 Å². The summed E-state index contributed by atoms with van der Waals surface area (Å²) in [7, 11) is 0. The van der Waals surface area contributed by atoms with Gasteiger partial charge in [0.05, 0.1) is 17.8 Å². The smallest absolute Gasteiger partial charge is 0.186 e. The molecule has 62 valence electrons. The molecule has 1 unspecified atom stereocenters. The van der Waals surface area contributed by atoms with E-state index < -0.39 is 6.10 Å². The van der Waals surface area contributed by atoms with Gasteiger partial charge in [-0.15, -0.1) is 0 Å². The van der Waals surface area contributed by atoms with Crippen LogP contribution < -0.4 is 5.32 Å². The van der Waals surface area contributed by atoms with Gasteiger partial charge in [-0.2, -0.15) is 8.75 Å². The molecule has 0 saturated carbocycles. The predicted octanol–water partition coefficient (Wildman–Crippen LogP) is 0.984. The van der Waals surface area contributed by atoms with Crippen molar-refractivity contribution in [1.82, 2.24) is 8.75 Å². The number of nitrogens with zero attached hydrogens (tertiary/aromatic N) is 2. The summed E-state index contributed by atoms with van der Waals surface area (Å²) in [4.78, 5) is 0. The molecule has 0 aliphatic carbocycles. The van der Waals surface area contributed by atoms with Crippen LogP contribution in [-0.4, -0.2) is 26.5 Å². The molecule has 0 spiro atoms. The van der Waals surface area contributed by atoms with Crippen molar-refractivity contribution >= 4 is 29.1 Å². The number of halogens is 1. The molecule has 1 aromatic heterocycles. The average Bonchev–Trinajstić information content (AvgIpc) is 2.31. The number of rotatable bonds is 3. The Kier molecular flexibility index (Phi) is 3.04. The Labute approximate surface area is 73.5 Å². The maximum absolute atomic E-state index is 8.89. The highest BCUT2D eigenvalue weighted by Crippen LogP contribution is 2.17.